The summed E-state index contributed by atoms with van der Waals surface area (Å²) in [5, 5.41) is 37.7. The van der Waals surface area contributed by atoms with Gasteiger partial charge in [-0.3, -0.25) is 4.79 Å². The molecule has 35 heavy (non-hydrogen) atoms. The molecule has 0 radical (unpaired) electrons. The Bertz CT molecular complexity index is 1100. The number of halogens is 3. The smallest absolute Gasteiger partial charge is 0.328 e. The summed E-state index contributed by atoms with van der Waals surface area (Å²) < 4.78 is 12.3. The minimum absolute atomic E-state index is 0.162. The molecule has 2 rings (SSSR count). The molecule has 0 saturated heterocycles. The first-order valence-corrected chi connectivity index (χ1v) is 10.3. The maximum atomic E-state index is 12.3. The van der Waals surface area contributed by atoms with Crippen molar-refractivity contribution >= 4 is 52.2 Å². The maximum Gasteiger partial charge on any atom is 0.328 e. The van der Waals surface area contributed by atoms with Gasteiger partial charge in [-0.25, -0.2) is 18.9 Å². The summed E-state index contributed by atoms with van der Waals surface area (Å²) in [4.78, 5) is 27.0. The second-order valence-electron chi connectivity index (χ2n) is 6.79. The van der Waals surface area contributed by atoms with Gasteiger partial charge in [0.15, 0.2) is 6.04 Å². The number of carbonyl (C=O) groups is 2. The molecule has 0 spiro atoms. The lowest BCUT2D eigenvalue weighted by Gasteiger charge is -2.18. The highest BCUT2D eigenvalue weighted by Crippen LogP contribution is 2.28. The molecule has 0 aromatic heterocycles. The van der Waals surface area contributed by atoms with Crippen LogP contribution in [0.25, 0.3) is 9.69 Å². The van der Waals surface area contributed by atoms with Crippen LogP contribution in [0.15, 0.2) is 36.4 Å². The molecule has 0 unspecified atom stereocenters. The van der Waals surface area contributed by atoms with Crippen LogP contribution in [0.2, 0.25) is 10.0 Å². The number of aliphatic hydroxyl groups excluding tert-OH is 2. The Morgan fingerprint density at radius 2 is 1.43 bits per heavy atom. The highest BCUT2D eigenvalue weighted by molar-refractivity contribution is 6.33. The van der Waals surface area contributed by atoms with Gasteiger partial charge in [-0.1, -0.05) is 35.3 Å². The summed E-state index contributed by atoms with van der Waals surface area (Å²) >= 11 is 11.3. The van der Waals surface area contributed by atoms with Gasteiger partial charge < -0.3 is 31.5 Å². The molecule has 7 N–H and O–H groups in total. The second-order valence-corrected chi connectivity index (χ2v) is 7.61. The molecule has 0 heterocycles. The summed E-state index contributed by atoms with van der Waals surface area (Å²) in [6.07, 6.45) is -2.03. The molecule has 0 bridgehead atoms. The van der Waals surface area contributed by atoms with Crippen LogP contribution in [-0.4, -0.2) is 56.7 Å². The van der Waals surface area contributed by atoms with Gasteiger partial charge in [-0.05, 0) is 38.1 Å². The van der Waals surface area contributed by atoms with Crippen LogP contribution in [0, 0.1) is 19.0 Å². The van der Waals surface area contributed by atoms with Crippen molar-refractivity contribution < 1.29 is 34.4 Å². The number of hydrogen-bond acceptors (Lipinski definition) is 6. The third-order valence-electron chi connectivity index (χ3n) is 3.97. The van der Waals surface area contributed by atoms with Gasteiger partial charge in [0.2, 0.25) is 11.4 Å². The number of carboxylic acid groups (broad SMARTS) is 2. The number of anilines is 1. The van der Waals surface area contributed by atoms with Gasteiger partial charge in [-0.15, -0.1) is 0 Å². The number of aliphatic carboxylic acids is 2. The monoisotopic (exact) mass is 528 g/mol. The van der Waals surface area contributed by atoms with Crippen molar-refractivity contribution in [1.29, 1.82) is 0 Å². The van der Waals surface area contributed by atoms with E-state index < -0.39 is 42.0 Å². The molecule has 2 aromatic carbocycles. The average molecular weight is 529 g/mol. The Morgan fingerprint density at radius 3 is 1.74 bits per heavy atom. The van der Waals surface area contributed by atoms with E-state index in [-0.39, 0.29) is 15.7 Å². The third-order valence-corrected chi connectivity index (χ3v) is 4.58. The zero-order valence-electron chi connectivity index (χ0n) is 18.5. The minimum atomic E-state index is -1.18. The summed E-state index contributed by atoms with van der Waals surface area (Å²) in [5.41, 5.74) is 5.92. The molecular formula is C22H23Cl2FN4O6. The van der Waals surface area contributed by atoms with Crippen molar-refractivity contribution in [2.45, 2.75) is 38.1 Å². The largest absolute Gasteiger partial charge is 0.480 e. The zero-order valence-corrected chi connectivity index (χ0v) is 20.0. The van der Waals surface area contributed by atoms with Crippen LogP contribution in [0.3, 0.4) is 0 Å². The lowest BCUT2D eigenvalue weighted by molar-refractivity contribution is -0.141. The summed E-state index contributed by atoms with van der Waals surface area (Å²) in [7, 11) is 0. The van der Waals surface area contributed by atoms with Crippen molar-refractivity contribution in [2.24, 2.45) is 5.73 Å². The Balaban J connectivity index is 0.000000545. The molecule has 0 saturated carbocycles. The lowest BCUT2D eigenvalue weighted by atomic mass is 10.1. The predicted molar refractivity (Wildman–Crippen MR) is 129 cm³/mol. The molecule has 0 aliphatic carbocycles. The topological polar surface area (TPSA) is 162 Å². The van der Waals surface area contributed by atoms with E-state index in [0.717, 1.165) is 6.07 Å². The normalized spacial score (nSPS) is 13.1. The summed E-state index contributed by atoms with van der Waals surface area (Å²) in [6, 6.07) is 5.88. The predicted octanol–water partition coefficient (Wildman–Crippen LogP) is 3.95. The van der Waals surface area contributed by atoms with Crippen LogP contribution in [0.4, 0.5) is 21.5 Å². The maximum absolute atomic E-state index is 12.3. The lowest BCUT2D eigenvalue weighted by Crippen LogP contribution is -2.39. The zero-order chi connectivity index (χ0) is 27.3. The second kappa shape index (κ2) is 15.5. The van der Waals surface area contributed by atoms with Crippen molar-refractivity contribution in [3.63, 3.8) is 0 Å². The van der Waals surface area contributed by atoms with Gasteiger partial charge in [-0.2, -0.15) is 0 Å². The van der Waals surface area contributed by atoms with E-state index in [1.807, 2.05) is 0 Å². The number of benzene rings is 2. The number of carboxylic acids is 2. The SMILES string of the molecule is C[C@@H](O)[C@@H](N)C(=O)O.[C-]#[N+]c1ccc(F)cc1Cl.[C-]#[N+]c1ccc(N[C@@H](C(=O)O)[C@@H](C)O)cc1Cl. The Kier molecular flexibility index (Phi) is 13.9. The molecule has 0 aliphatic rings. The highest BCUT2D eigenvalue weighted by atomic mass is 35.5. The van der Waals surface area contributed by atoms with Crippen LogP contribution in [0.5, 0.6) is 0 Å². The number of rotatable bonds is 6. The van der Waals surface area contributed by atoms with E-state index in [9.17, 15) is 19.1 Å². The van der Waals surface area contributed by atoms with Crippen molar-refractivity contribution in [3.05, 3.63) is 75.1 Å². The Labute approximate surface area is 211 Å². The first kappa shape index (κ1) is 31.6. The van der Waals surface area contributed by atoms with Crippen molar-refractivity contribution in [2.75, 3.05) is 5.32 Å². The van der Waals surface area contributed by atoms with E-state index in [0.29, 0.717) is 11.4 Å². The standard InChI is InChI=1S/C11H11ClN2O3.C7H3ClFN.C4H9NO3/c1-6(15)10(11(16)17)14-7-3-4-9(13-2)8(12)5-7;1-10-7-3-2-5(9)4-6(7)8;1-2(6)3(5)4(7)8/h3-6,10,14-15H,1H3,(H,16,17);2-4H;2-3,6H,5H2,1H3,(H,7,8)/t6-,10-;;2-,3-/m1.1/s1. The molecule has 10 nitrogen and oxygen atoms in total. The quantitative estimate of drug-likeness (QED) is 0.307. The van der Waals surface area contributed by atoms with Gasteiger partial charge >= 0.3 is 11.9 Å². The molecule has 188 valence electrons. The summed E-state index contributed by atoms with van der Waals surface area (Å²) in [5.74, 6) is -2.76. The number of nitrogens with zero attached hydrogens (tertiary/aromatic N) is 2. The molecule has 0 aliphatic heterocycles. The van der Waals surface area contributed by atoms with Crippen molar-refractivity contribution in [3.8, 4) is 0 Å². The van der Waals surface area contributed by atoms with E-state index in [1.165, 1.54) is 44.2 Å². The molecule has 0 amide bonds. The Morgan fingerprint density at radius 1 is 0.943 bits per heavy atom. The number of hydrogen-bond donors (Lipinski definition) is 6. The molecular weight excluding hydrogens is 506 g/mol. The Hall–Kier alpha value is -3.45. The fraction of sp³-hybridized carbons (Fsp3) is 0.273. The first-order valence-electron chi connectivity index (χ1n) is 9.58. The highest BCUT2D eigenvalue weighted by Gasteiger charge is 2.22. The van der Waals surface area contributed by atoms with Crippen molar-refractivity contribution in [1.82, 2.24) is 0 Å². The van der Waals surface area contributed by atoms with E-state index in [4.69, 9.17) is 57.4 Å². The van der Waals surface area contributed by atoms with Gasteiger partial charge in [0.05, 0.1) is 25.4 Å². The number of nitrogens with one attached hydrogen (secondary N) is 1. The van der Waals surface area contributed by atoms with Crippen LogP contribution >= 0.6 is 23.2 Å². The van der Waals surface area contributed by atoms with Gasteiger partial charge in [0, 0.05) is 15.7 Å². The fourth-order valence-corrected chi connectivity index (χ4v) is 2.47. The number of nitrogens with two attached hydrogens (primary N) is 1. The minimum Gasteiger partial charge on any atom is -0.480 e. The summed E-state index contributed by atoms with van der Waals surface area (Å²) in [6.45, 7) is 16.1. The molecule has 4 atom stereocenters. The van der Waals surface area contributed by atoms with E-state index in [1.54, 1.807) is 0 Å². The molecule has 2 aromatic rings. The van der Waals surface area contributed by atoms with Crippen LogP contribution in [0.1, 0.15) is 13.8 Å². The first-order chi connectivity index (χ1) is 16.2. The van der Waals surface area contributed by atoms with Gasteiger partial charge in [0.25, 0.3) is 0 Å². The molecule has 13 heteroatoms. The third kappa shape index (κ3) is 11.5. The average Bonchev–Trinajstić information content (AvgIpc) is 2.77. The van der Waals surface area contributed by atoms with Crippen LogP contribution < -0.4 is 11.1 Å². The number of aliphatic hydroxyl groups is 2. The van der Waals surface area contributed by atoms with Crippen LogP contribution in [-0.2, 0) is 9.59 Å². The fourth-order valence-electron chi connectivity index (χ4n) is 2.03. The molecule has 0 fully saturated rings. The van der Waals surface area contributed by atoms with E-state index >= 15 is 0 Å². The van der Waals surface area contributed by atoms with Gasteiger partial charge in [0.1, 0.15) is 11.9 Å². The van der Waals surface area contributed by atoms with E-state index in [2.05, 4.69) is 15.0 Å².